The molecule has 1 aliphatic carbocycles. The van der Waals surface area contributed by atoms with Gasteiger partial charge < -0.3 is 10.4 Å². The van der Waals surface area contributed by atoms with Crippen molar-refractivity contribution in [3.63, 3.8) is 0 Å². The van der Waals surface area contributed by atoms with Crippen LogP contribution < -0.4 is 5.32 Å². The maximum absolute atomic E-state index is 10.8. The summed E-state index contributed by atoms with van der Waals surface area (Å²) in [4.78, 5) is 8.54. The third-order valence-corrected chi connectivity index (χ3v) is 5.32. The predicted octanol–water partition coefficient (Wildman–Crippen LogP) is 3.41. The topological polar surface area (TPSA) is 75.3 Å². The van der Waals surface area contributed by atoms with Crippen molar-refractivity contribution in [2.75, 3.05) is 5.32 Å². The van der Waals surface area contributed by atoms with E-state index in [1.165, 1.54) is 24.7 Å². The van der Waals surface area contributed by atoms with Gasteiger partial charge in [-0.3, -0.25) is 0 Å². The van der Waals surface area contributed by atoms with E-state index in [9.17, 15) is 5.11 Å². The predicted molar refractivity (Wildman–Crippen MR) is 101 cm³/mol. The Kier molecular flexibility index (Phi) is 3.77. The number of nitrogens with zero attached hydrogens (tertiary/aromatic N) is 4. The molecule has 1 aliphatic rings. The van der Waals surface area contributed by atoms with Crippen molar-refractivity contribution in [2.45, 2.75) is 57.6 Å². The van der Waals surface area contributed by atoms with Crippen LogP contribution in [0.5, 0.6) is 0 Å². The minimum Gasteiger partial charge on any atom is -0.388 e. The first kappa shape index (κ1) is 17.0. The molecule has 1 fully saturated rings. The first-order valence-electron chi connectivity index (χ1n) is 9.03. The molecule has 1 atom stereocenters. The Balaban J connectivity index is 1.70. The highest BCUT2D eigenvalue weighted by atomic mass is 16.3. The van der Waals surface area contributed by atoms with Gasteiger partial charge in [-0.15, -0.1) is 0 Å². The standard InChI is InChI=1S/C20H25N5O/c1-13-11-16(25-18(23-13)21-12-22-25)24-17(19(2,3)26)14-5-7-15(8-6-14)20(4)9-10-20/h5-8,11-12,17,24,26H,9-10H2,1-4H3. The van der Waals surface area contributed by atoms with Crippen LogP contribution in [0.15, 0.2) is 36.7 Å². The number of fused-ring (bicyclic) bond motifs is 1. The first-order valence-corrected chi connectivity index (χ1v) is 9.03. The Morgan fingerprint density at radius 1 is 1.23 bits per heavy atom. The van der Waals surface area contributed by atoms with Crippen LogP contribution in [0, 0.1) is 6.92 Å². The Bertz CT molecular complexity index is 935. The van der Waals surface area contributed by atoms with E-state index >= 15 is 0 Å². The van der Waals surface area contributed by atoms with Crippen LogP contribution in [-0.2, 0) is 5.41 Å². The highest BCUT2D eigenvalue weighted by Crippen LogP contribution is 2.47. The number of aromatic nitrogens is 4. The lowest BCUT2D eigenvalue weighted by atomic mass is 9.89. The Morgan fingerprint density at radius 2 is 1.92 bits per heavy atom. The quantitative estimate of drug-likeness (QED) is 0.737. The molecule has 3 aromatic rings. The molecule has 0 radical (unpaired) electrons. The van der Waals surface area contributed by atoms with Crippen LogP contribution >= 0.6 is 0 Å². The number of rotatable bonds is 5. The lowest BCUT2D eigenvalue weighted by Gasteiger charge is -2.31. The van der Waals surface area contributed by atoms with Crippen LogP contribution in [0.3, 0.4) is 0 Å². The van der Waals surface area contributed by atoms with E-state index in [0.717, 1.165) is 17.1 Å². The van der Waals surface area contributed by atoms with E-state index in [4.69, 9.17) is 0 Å². The van der Waals surface area contributed by atoms with Gasteiger partial charge in [0.25, 0.3) is 5.78 Å². The normalized spacial score (nSPS) is 17.3. The minimum atomic E-state index is -0.963. The van der Waals surface area contributed by atoms with Crippen LogP contribution in [0.2, 0.25) is 0 Å². The summed E-state index contributed by atoms with van der Waals surface area (Å²) in [5, 5.41) is 18.5. The number of aryl methyl sites for hydroxylation is 1. The highest BCUT2D eigenvalue weighted by molar-refractivity contribution is 5.48. The lowest BCUT2D eigenvalue weighted by Crippen LogP contribution is -2.35. The second-order valence-corrected chi connectivity index (χ2v) is 8.17. The zero-order chi connectivity index (χ0) is 18.5. The molecule has 26 heavy (non-hydrogen) atoms. The molecule has 1 unspecified atom stereocenters. The van der Waals surface area contributed by atoms with Gasteiger partial charge in [-0.1, -0.05) is 31.2 Å². The van der Waals surface area contributed by atoms with E-state index in [-0.39, 0.29) is 6.04 Å². The summed E-state index contributed by atoms with van der Waals surface area (Å²) in [5.41, 5.74) is 2.63. The van der Waals surface area contributed by atoms with Crippen LogP contribution in [0.25, 0.3) is 5.78 Å². The number of hydrogen-bond donors (Lipinski definition) is 2. The van der Waals surface area contributed by atoms with E-state index in [1.54, 1.807) is 4.52 Å². The molecule has 1 aromatic carbocycles. The number of anilines is 1. The Labute approximate surface area is 153 Å². The summed E-state index contributed by atoms with van der Waals surface area (Å²) in [7, 11) is 0. The average Bonchev–Trinajstić information content (AvgIpc) is 3.15. The fraction of sp³-hybridized carbons (Fsp3) is 0.450. The van der Waals surface area contributed by atoms with Gasteiger partial charge in [-0.25, -0.2) is 4.98 Å². The summed E-state index contributed by atoms with van der Waals surface area (Å²) < 4.78 is 1.66. The largest absolute Gasteiger partial charge is 0.388 e. The molecule has 2 N–H and O–H groups in total. The van der Waals surface area contributed by atoms with E-state index in [2.05, 4.69) is 51.6 Å². The smallest absolute Gasteiger partial charge is 0.254 e. The molecular formula is C20H25N5O. The summed E-state index contributed by atoms with van der Waals surface area (Å²) in [6, 6.07) is 10.2. The van der Waals surface area contributed by atoms with Crippen molar-refractivity contribution in [3.05, 3.63) is 53.5 Å². The van der Waals surface area contributed by atoms with Gasteiger partial charge in [0.15, 0.2) is 0 Å². The molecule has 2 heterocycles. The molecule has 0 bridgehead atoms. The summed E-state index contributed by atoms with van der Waals surface area (Å²) >= 11 is 0. The molecule has 136 valence electrons. The fourth-order valence-corrected chi connectivity index (χ4v) is 3.40. The molecule has 0 aliphatic heterocycles. The summed E-state index contributed by atoms with van der Waals surface area (Å²) in [5.74, 6) is 1.30. The maximum Gasteiger partial charge on any atom is 0.254 e. The van der Waals surface area contributed by atoms with Gasteiger partial charge in [-0.05, 0) is 50.2 Å². The van der Waals surface area contributed by atoms with Gasteiger partial charge in [0, 0.05) is 11.8 Å². The van der Waals surface area contributed by atoms with Gasteiger partial charge in [0.1, 0.15) is 12.1 Å². The van der Waals surface area contributed by atoms with Gasteiger partial charge in [0.2, 0.25) is 0 Å². The molecule has 4 rings (SSSR count). The third-order valence-electron chi connectivity index (χ3n) is 5.32. The van der Waals surface area contributed by atoms with Gasteiger partial charge in [0.05, 0.1) is 11.6 Å². The minimum absolute atomic E-state index is 0.294. The summed E-state index contributed by atoms with van der Waals surface area (Å²) in [6.07, 6.45) is 3.98. The van der Waals surface area contributed by atoms with Crippen molar-refractivity contribution >= 4 is 11.6 Å². The van der Waals surface area contributed by atoms with Crippen LogP contribution in [0.1, 0.15) is 56.5 Å². The number of hydrogen-bond acceptors (Lipinski definition) is 5. The van der Waals surface area contributed by atoms with Crippen molar-refractivity contribution in [1.82, 2.24) is 19.6 Å². The number of benzene rings is 1. The Morgan fingerprint density at radius 3 is 2.54 bits per heavy atom. The zero-order valence-electron chi connectivity index (χ0n) is 15.7. The molecule has 0 spiro atoms. The van der Waals surface area contributed by atoms with Crippen molar-refractivity contribution in [1.29, 1.82) is 0 Å². The number of nitrogens with one attached hydrogen (secondary N) is 1. The fourth-order valence-electron chi connectivity index (χ4n) is 3.40. The average molecular weight is 351 g/mol. The summed E-state index contributed by atoms with van der Waals surface area (Å²) in [6.45, 7) is 7.85. The molecule has 1 saturated carbocycles. The SMILES string of the molecule is Cc1cc(NC(c2ccc(C3(C)CC3)cc2)C(C)(C)O)n2ncnc2n1. The van der Waals surface area contributed by atoms with E-state index < -0.39 is 5.60 Å². The van der Waals surface area contributed by atoms with Gasteiger partial charge >= 0.3 is 0 Å². The monoisotopic (exact) mass is 351 g/mol. The van der Waals surface area contributed by atoms with E-state index in [1.807, 2.05) is 26.8 Å². The maximum atomic E-state index is 10.8. The molecule has 0 saturated heterocycles. The van der Waals surface area contributed by atoms with Crippen molar-refractivity contribution in [3.8, 4) is 0 Å². The highest BCUT2D eigenvalue weighted by Gasteiger charge is 2.39. The lowest BCUT2D eigenvalue weighted by molar-refractivity contribution is 0.0587. The van der Waals surface area contributed by atoms with Crippen molar-refractivity contribution in [2.24, 2.45) is 0 Å². The van der Waals surface area contributed by atoms with Crippen molar-refractivity contribution < 1.29 is 5.11 Å². The third kappa shape index (κ3) is 3.05. The molecule has 6 heteroatoms. The van der Waals surface area contributed by atoms with Crippen LogP contribution in [-0.4, -0.2) is 30.3 Å². The molecule has 2 aromatic heterocycles. The Hall–Kier alpha value is -2.47. The van der Waals surface area contributed by atoms with Gasteiger partial charge in [-0.2, -0.15) is 14.6 Å². The molecular weight excluding hydrogens is 326 g/mol. The molecule has 0 amide bonds. The second-order valence-electron chi connectivity index (χ2n) is 8.17. The second kappa shape index (κ2) is 5.77. The first-order chi connectivity index (χ1) is 12.3. The zero-order valence-corrected chi connectivity index (χ0v) is 15.7. The number of aliphatic hydroxyl groups is 1. The van der Waals surface area contributed by atoms with Crippen LogP contribution in [0.4, 0.5) is 5.82 Å². The van der Waals surface area contributed by atoms with E-state index in [0.29, 0.717) is 11.2 Å². The molecule has 6 nitrogen and oxygen atoms in total.